The van der Waals surface area contributed by atoms with Crippen LogP contribution in [0.1, 0.15) is 21.9 Å². The Morgan fingerprint density at radius 2 is 1.91 bits per heavy atom. The minimum absolute atomic E-state index is 0.198. The molecule has 2 N–H and O–H groups in total. The van der Waals surface area contributed by atoms with Crippen molar-refractivity contribution in [1.82, 2.24) is 29.9 Å². The van der Waals surface area contributed by atoms with E-state index in [1.54, 1.807) is 48.9 Å². The Bertz CT molecular complexity index is 1460. The molecule has 9 nitrogen and oxygen atoms in total. The summed E-state index contributed by atoms with van der Waals surface area (Å²) in [6.07, 6.45) is 5.06. The van der Waals surface area contributed by atoms with Gasteiger partial charge in [0, 0.05) is 35.9 Å². The lowest BCUT2D eigenvalue weighted by Crippen LogP contribution is -2.13. The molecule has 0 radical (unpaired) electrons. The van der Waals surface area contributed by atoms with Crippen LogP contribution >= 0.6 is 0 Å². The highest BCUT2D eigenvalue weighted by Crippen LogP contribution is 2.27. The molecule has 1 amide bonds. The number of aryl methyl sites for hydroxylation is 2. The fraction of sp³-hybridized carbons (Fsp3) is 0.0833. The van der Waals surface area contributed by atoms with Crippen molar-refractivity contribution in [2.75, 3.05) is 5.32 Å². The fourth-order valence-electron chi connectivity index (χ4n) is 3.29. The highest BCUT2D eigenvalue weighted by atomic mass is 16.5. The molecule has 5 rings (SSSR count). The number of hydrogen-bond acceptors (Lipinski definition) is 7. The Morgan fingerprint density at radius 3 is 2.76 bits per heavy atom. The molecule has 5 aromatic rings. The Hall–Kier alpha value is -4.66. The number of amides is 1. The summed E-state index contributed by atoms with van der Waals surface area (Å²) < 4.78 is 5.94. The molecule has 4 aromatic heterocycles. The minimum atomic E-state index is -0.345. The molecular formula is C24H19N7O2. The first-order valence-corrected chi connectivity index (χ1v) is 10.2. The van der Waals surface area contributed by atoms with Gasteiger partial charge in [-0.3, -0.25) is 9.78 Å². The number of hydrogen-bond donors (Lipinski definition) is 2. The lowest BCUT2D eigenvalue weighted by atomic mass is 10.2. The summed E-state index contributed by atoms with van der Waals surface area (Å²) in [6, 6.07) is 14.6. The van der Waals surface area contributed by atoms with E-state index in [0.717, 1.165) is 22.5 Å². The van der Waals surface area contributed by atoms with Gasteiger partial charge in [0.25, 0.3) is 5.91 Å². The van der Waals surface area contributed by atoms with Crippen LogP contribution in [-0.4, -0.2) is 35.8 Å². The Balaban J connectivity index is 1.36. The SMILES string of the molecule is Cc1nc2nc(C(=O)Nc3ccc(C)c(Oc4nccc(-c5cccnc5)n4)c3)ccc2[nH]1. The Kier molecular flexibility index (Phi) is 5.19. The highest BCUT2D eigenvalue weighted by molar-refractivity contribution is 6.03. The molecule has 0 spiro atoms. The van der Waals surface area contributed by atoms with E-state index < -0.39 is 0 Å². The van der Waals surface area contributed by atoms with Crippen LogP contribution in [-0.2, 0) is 0 Å². The zero-order valence-electron chi connectivity index (χ0n) is 17.9. The second kappa shape index (κ2) is 8.46. The quantitative estimate of drug-likeness (QED) is 0.416. The van der Waals surface area contributed by atoms with Crippen LogP contribution in [0.15, 0.2) is 67.1 Å². The largest absolute Gasteiger partial charge is 0.424 e. The summed E-state index contributed by atoms with van der Waals surface area (Å²) in [5.41, 5.74) is 4.54. The summed E-state index contributed by atoms with van der Waals surface area (Å²) in [5, 5.41) is 2.85. The van der Waals surface area contributed by atoms with E-state index in [1.165, 1.54) is 0 Å². The van der Waals surface area contributed by atoms with E-state index in [2.05, 4.69) is 35.2 Å². The third-order valence-corrected chi connectivity index (χ3v) is 4.93. The van der Waals surface area contributed by atoms with Gasteiger partial charge in [-0.15, -0.1) is 0 Å². The summed E-state index contributed by atoms with van der Waals surface area (Å²) in [7, 11) is 0. The van der Waals surface area contributed by atoms with Gasteiger partial charge in [-0.1, -0.05) is 6.07 Å². The summed E-state index contributed by atoms with van der Waals surface area (Å²) >= 11 is 0. The molecular weight excluding hydrogens is 418 g/mol. The summed E-state index contributed by atoms with van der Waals surface area (Å²) in [6.45, 7) is 3.74. The zero-order chi connectivity index (χ0) is 22.8. The van der Waals surface area contributed by atoms with E-state index in [0.29, 0.717) is 22.8 Å². The molecule has 0 saturated carbocycles. The van der Waals surface area contributed by atoms with Gasteiger partial charge in [-0.25, -0.2) is 15.0 Å². The number of carbonyl (C=O) groups is 1. The van der Waals surface area contributed by atoms with Crippen LogP contribution in [0.3, 0.4) is 0 Å². The monoisotopic (exact) mass is 437 g/mol. The zero-order valence-corrected chi connectivity index (χ0v) is 17.9. The molecule has 4 heterocycles. The number of anilines is 1. The lowest BCUT2D eigenvalue weighted by Gasteiger charge is -2.11. The van der Waals surface area contributed by atoms with Gasteiger partial charge in [0.1, 0.15) is 17.3 Å². The normalized spacial score (nSPS) is 10.8. The first-order chi connectivity index (χ1) is 16.0. The number of ether oxygens (including phenoxy) is 1. The van der Waals surface area contributed by atoms with Gasteiger partial charge in [-0.05, 0) is 55.8 Å². The second-order valence-electron chi connectivity index (χ2n) is 7.39. The highest BCUT2D eigenvalue weighted by Gasteiger charge is 2.13. The number of nitrogens with one attached hydrogen (secondary N) is 2. The number of rotatable bonds is 5. The van der Waals surface area contributed by atoms with Crippen LogP contribution in [0.25, 0.3) is 22.4 Å². The van der Waals surface area contributed by atoms with Crippen molar-refractivity contribution in [2.24, 2.45) is 0 Å². The first kappa shape index (κ1) is 20.3. The van der Waals surface area contributed by atoms with E-state index >= 15 is 0 Å². The molecule has 0 unspecified atom stereocenters. The molecule has 0 aliphatic rings. The standard InChI is InChI=1S/C24H19N7O2/c1-14-5-6-17(29-23(32)20-8-7-19-22(30-20)28-15(2)27-19)12-21(14)33-24-26-11-9-18(31-24)16-4-3-10-25-13-16/h3-13H,1-2H3,(H,29,32)(H,27,28,30). The van der Waals surface area contributed by atoms with Gasteiger partial charge in [0.05, 0.1) is 11.2 Å². The Morgan fingerprint density at radius 1 is 1.00 bits per heavy atom. The number of pyridine rings is 2. The van der Waals surface area contributed by atoms with Gasteiger partial charge in [-0.2, -0.15) is 4.98 Å². The maximum absolute atomic E-state index is 12.7. The van der Waals surface area contributed by atoms with Gasteiger partial charge >= 0.3 is 6.01 Å². The van der Waals surface area contributed by atoms with Crippen molar-refractivity contribution in [3.63, 3.8) is 0 Å². The van der Waals surface area contributed by atoms with Crippen molar-refractivity contribution in [3.05, 3.63) is 84.2 Å². The lowest BCUT2D eigenvalue weighted by molar-refractivity contribution is 0.102. The number of aromatic amines is 1. The smallest absolute Gasteiger partial charge is 0.322 e. The van der Waals surface area contributed by atoms with Crippen LogP contribution < -0.4 is 10.1 Å². The fourth-order valence-corrected chi connectivity index (χ4v) is 3.29. The van der Waals surface area contributed by atoms with Crippen LogP contribution in [0, 0.1) is 13.8 Å². The number of fused-ring (bicyclic) bond motifs is 1. The van der Waals surface area contributed by atoms with Crippen molar-refractivity contribution in [3.8, 4) is 23.0 Å². The third-order valence-electron chi connectivity index (χ3n) is 4.93. The molecule has 0 saturated heterocycles. The van der Waals surface area contributed by atoms with E-state index in [4.69, 9.17) is 4.74 Å². The number of H-pyrrole nitrogens is 1. The molecule has 0 fully saturated rings. The number of imidazole rings is 1. The van der Waals surface area contributed by atoms with Crippen LogP contribution in [0.5, 0.6) is 11.8 Å². The number of carbonyl (C=O) groups excluding carboxylic acids is 1. The predicted molar refractivity (Wildman–Crippen MR) is 123 cm³/mol. The summed E-state index contributed by atoms with van der Waals surface area (Å²) in [4.78, 5) is 37.2. The van der Waals surface area contributed by atoms with Crippen LogP contribution in [0.2, 0.25) is 0 Å². The predicted octanol–water partition coefficient (Wildman–Crippen LogP) is 4.47. The molecule has 33 heavy (non-hydrogen) atoms. The van der Waals surface area contributed by atoms with Gasteiger partial charge < -0.3 is 15.0 Å². The third kappa shape index (κ3) is 4.38. The molecule has 0 aliphatic heterocycles. The molecule has 0 atom stereocenters. The number of nitrogens with zero attached hydrogens (tertiary/aromatic N) is 5. The second-order valence-corrected chi connectivity index (χ2v) is 7.39. The van der Waals surface area contributed by atoms with Crippen LogP contribution in [0.4, 0.5) is 5.69 Å². The average molecular weight is 437 g/mol. The van der Waals surface area contributed by atoms with Crippen molar-refractivity contribution in [2.45, 2.75) is 13.8 Å². The maximum Gasteiger partial charge on any atom is 0.322 e. The molecule has 1 aromatic carbocycles. The molecule has 0 aliphatic carbocycles. The van der Waals surface area contributed by atoms with Crippen molar-refractivity contribution >= 4 is 22.8 Å². The van der Waals surface area contributed by atoms with Gasteiger partial charge in [0.2, 0.25) is 0 Å². The van der Waals surface area contributed by atoms with Crippen molar-refractivity contribution < 1.29 is 9.53 Å². The van der Waals surface area contributed by atoms with E-state index in [9.17, 15) is 4.79 Å². The first-order valence-electron chi connectivity index (χ1n) is 10.2. The van der Waals surface area contributed by atoms with Crippen molar-refractivity contribution in [1.29, 1.82) is 0 Å². The minimum Gasteiger partial charge on any atom is -0.424 e. The summed E-state index contributed by atoms with van der Waals surface area (Å²) in [5.74, 6) is 0.926. The topological polar surface area (TPSA) is 119 Å². The van der Waals surface area contributed by atoms with Gasteiger partial charge in [0.15, 0.2) is 5.65 Å². The Labute approximate surface area is 189 Å². The molecule has 0 bridgehead atoms. The average Bonchev–Trinajstić information content (AvgIpc) is 3.21. The maximum atomic E-state index is 12.7. The number of benzene rings is 1. The molecule has 9 heteroatoms. The van der Waals surface area contributed by atoms with E-state index in [-0.39, 0.29) is 17.6 Å². The van der Waals surface area contributed by atoms with E-state index in [1.807, 2.05) is 32.0 Å². The number of aromatic nitrogens is 6. The molecule has 162 valence electrons.